The second kappa shape index (κ2) is 7.82. The van der Waals surface area contributed by atoms with Gasteiger partial charge in [0.15, 0.2) is 11.6 Å². The first-order valence-corrected chi connectivity index (χ1v) is 15.0. The largest absolute Gasteiger partial charge is 0.382 e. The number of rotatable bonds is 2. The highest BCUT2D eigenvalue weighted by atomic mass is 19.3. The Kier molecular flexibility index (Phi) is 5.47. The Hall–Kier alpha value is -2.14. The van der Waals surface area contributed by atoms with Crippen LogP contribution in [0.25, 0.3) is 0 Å². The Balaban J connectivity index is 1.45. The molecule has 0 aromatic heterocycles. The first-order chi connectivity index (χ1) is 18.3. The van der Waals surface area contributed by atoms with E-state index in [-0.39, 0.29) is 40.7 Å². The molecule has 218 valence electrons. The van der Waals surface area contributed by atoms with Crippen LogP contribution in [0.5, 0.6) is 0 Å². The molecule has 0 aromatic carbocycles. The van der Waals surface area contributed by atoms with Crippen LogP contribution in [0.4, 0.5) is 8.78 Å². The zero-order valence-corrected chi connectivity index (χ0v) is 24.5. The van der Waals surface area contributed by atoms with Gasteiger partial charge in [-0.25, -0.2) is 0 Å². The smallest absolute Gasteiger partial charge is 0.321 e. The van der Waals surface area contributed by atoms with Crippen LogP contribution in [-0.2, 0) is 14.4 Å². The van der Waals surface area contributed by atoms with Gasteiger partial charge >= 0.3 is 5.92 Å². The summed E-state index contributed by atoms with van der Waals surface area (Å²) in [6, 6.07) is 2.25. The molecule has 5 saturated carbocycles. The van der Waals surface area contributed by atoms with Crippen LogP contribution in [0.1, 0.15) is 92.9 Å². The van der Waals surface area contributed by atoms with Crippen LogP contribution in [0, 0.1) is 62.6 Å². The maximum atomic E-state index is 14.3. The lowest BCUT2D eigenvalue weighted by atomic mass is 9.39. The van der Waals surface area contributed by atoms with Crippen molar-refractivity contribution in [3.8, 4) is 6.07 Å². The molecular formula is C32H42F2N2O4. The van der Waals surface area contributed by atoms with Gasteiger partial charge in [0, 0.05) is 29.7 Å². The summed E-state index contributed by atoms with van der Waals surface area (Å²) in [5.74, 6) is -6.52. The summed E-state index contributed by atoms with van der Waals surface area (Å²) in [5.41, 5.74) is -3.89. The molecule has 6 aliphatic rings. The van der Waals surface area contributed by atoms with E-state index in [0.717, 1.165) is 12.0 Å². The van der Waals surface area contributed by atoms with Crippen molar-refractivity contribution in [2.75, 3.05) is 0 Å². The number of halogens is 2. The standard InChI is InChI=1S/C32H42F2N2O4/c1-26(2)11-12-32(36-25(39)30(6,33)34)10-7-17-23(18(32)14-26)19(37)13-21-27(17,3)9-8-20-28(21,4)22-15-31(22,16-35)24(38)29(20,5)40/h13,17-18,20,22-23,40H,7-12,14-15H2,1-6H3,(H,36,39)/t17?,18?,20?,22-,23?,27+,28+,29+,31+,32-/m1/s1. The van der Waals surface area contributed by atoms with Crippen molar-refractivity contribution >= 4 is 17.5 Å². The highest BCUT2D eigenvalue weighted by molar-refractivity contribution is 6.00. The third kappa shape index (κ3) is 3.30. The molecule has 1 amide bonds. The number of fused-ring (bicyclic) bond motifs is 9. The molecule has 0 heterocycles. The molecule has 0 bridgehead atoms. The average Bonchev–Trinajstić information content (AvgIpc) is 3.61. The summed E-state index contributed by atoms with van der Waals surface area (Å²) >= 11 is 0. The van der Waals surface area contributed by atoms with Gasteiger partial charge in [-0.1, -0.05) is 33.3 Å². The minimum absolute atomic E-state index is 0.0385. The number of amides is 1. The maximum Gasteiger partial charge on any atom is 0.321 e. The van der Waals surface area contributed by atoms with E-state index < -0.39 is 45.1 Å². The predicted molar refractivity (Wildman–Crippen MR) is 143 cm³/mol. The van der Waals surface area contributed by atoms with E-state index in [1.165, 1.54) is 0 Å². The maximum absolute atomic E-state index is 14.3. The lowest BCUT2D eigenvalue weighted by molar-refractivity contribution is -0.171. The van der Waals surface area contributed by atoms with Crippen LogP contribution in [0.15, 0.2) is 11.6 Å². The topological polar surface area (TPSA) is 107 Å². The summed E-state index contributed by atoms with van der Waals surface area (Å²) in [5, 5.41) is 24.4. The van der Waals surface area contributed by atoms with Crippen molar-refractivity contribution in [3.05, 3.63) is 11.6 Å². The molecule has 2 N–H and O–H groups in total. The number of hydrogen-bond acceptors (Lipinski definition) is 5. The summed E-state index contributed by atoms with van der Waals surface area (Å²) in [6.07, 6.45) is 6.64. The highest BCUT2D eigenvalue weighted by Gasteiger charge is 2.80. The minimum Gasteiger partial charge on any atom is -0.382 e. The lowest BCUT2D eigenvalue weighted by Crippen LogP contribution is -2.68. The van der Waals surface area contributed by atoms with Gasteiger partial charge in [0.25, 0.3) is 5.91 Å². The molecule has 5 fully saturated rings. The molecule has 0 aromatic rings. The third-order valence-electron chi connectivity index (χ3n) is 13.0. The third-order valence-corrected chi connectivity index (χ3v) is 13.0. The van der Waals surface area contributed by atoms with Crippen LogP contribution in [0.3, 0.4) is 0 Å². The van der Waals surface area contributed by atoms with Crippen molar-refractivity contribution in [2.45, 2.75) is 110 Å². The fourth-order valence-corrected chi connectivity index (χ4v) is 10.9. The molecule has 0 radical (unpaired) electrons. The van der Waals surface area contributed by atoms with Crippen LogP contribution in [0.2, 0.25) is 0 Å². The number of ketones is 2. The molecule has 4 unspecified atom stereocenters. The monoisotopic (exact) mass is 556 g/mol. The van der Waals surface area contributed by atoms with Crippen molar-refractivity contribution in [1.29, 1.82) is 5.26 Å². The molecule has 0 spiro atoms. The van der Waals surface area contributed by atoms with E-state index in [4.69, 9.17) is 0 Å². The van der Waals surface area contributed by atoms with E-state index in [0.29, 0.717) is 51.9 Å². The van der Waals surface area contributed by atoms with Crippen LogP contribution >= 0.6 is 0 Å². The number of nitrogens with one attached hydrogen (secondary N) is 1. The van der Waals surface area contributed by atoms with Crippen molar-refractivity contribution in [3.63, 3.8) is 0 Å². The first kappa shape index (κ1) is 28.0. The Morgan fingerprint density at radius 1 is 1.02 bits per heavy atom. The second-order valence-electron chi connectivity index (χ2n) is 15.7. The molecule has 6 aliphatic carbocycles. The number of carbonyl (C=O) groups is 3. The molecule has 6 rings (SSSR count). The van der Waals surface area contributed by atoms with Gasteiger partial charge in [-0.2, -0.15) is 14.0 Å². The number of nitriles is 1. The average molecular weight is 557 g/mol. The number of nitrogens with zero attached hydrogens (tertiary/aromatic N) is 1. The van der Waals surface area contributed by atoms with E-state index in [2.05, 4.69) is 39.1 Å². The van der Waals surface area contributed by atoms with E-state index in [1.807, 2.05) is 0 Å². The zero-order chi connectivity index (χ0) is 29.5. The predicted octanol–water partition coefficient (Wildman–Crippen LogP) is 5.14. The van der Waals surface area contributed by atoms with Crippen LogP contribution in [-0.4, -0.2) is 39.6 Å². The Labute approximate surface area is 235 Å². The van der Waals surface area contributed by atoms with Crippen LogP contribution < -0.4 is 5.32 Å². The SMILES string of the molecule is CC1(C)CC[C@]2(NC(=O)C(C)(F)F)CCC3C(C(=O)C=C4[C@@]3(C)CCC3[C@](C)(O)C(=O)[C@]5(C#N)C[C@@H]5[C@]43C)C2C1. The van der Waals surface area contributed by atoms with Gasteiger partial charge in [0.2, 0.25) is 0 Å². The minimum atomic E-state index is -3.50. The zero-order valence-electron chi connectivity index (χ0n) is 24.5. The Bertz CT molecular complexity index is 1290. The van der Waals surface area contributed by atoms with E-state index in [9.17, 15) is 33.5 Å². The van der Waals surface area contributed by atoms with Crippen molar-refractivity contribution < 1.29 is 28.3 Å². The number of hydrogen-bond donors (Lipinski definition) is 2. The first-order valence-electron chi connectivity index (χ1n) is 15.0. The van der Waals surface area contributed by atoms with E-state index >= 15 is 0 Å². The second-order valence-corrected chi connectivity index (χ2v) is 15.7. The van der Waals surface area contributed by atoms with Gasteiger partial charge in [-0.15, -0.1) is 0 Å². The Morgan fingerprint density at radius 3 is 2.33 bits per heavy atom. The molecular weight excluding hydrogens is 514 g/mol. The highest BCUT2D eigenvalue weighted by Crippen LogP contribution is 2.78. The molecule has 0 saturated heterocycles. The summed E-state index contributed by atoms with van der Waals surface area (Å²) in [4.78, 5) is 40.3. The van der Waals surface area contributed by atoms with E-state index in [1.54, 1.807) is 13.0 Å². The fraction of sp³-hybridized carbons (Fsp3) is 0.812. The molecule has 6 nitrogen and oxygen atoms in total. The molecule has 8 heteroatoms. The number of allylic oxidation sites excluding steroid dienone is 2. The number of aliphatic hydroxyl groups is 1. The fourth-order valence-electron chi connectivity index (χ4n) is 10.9. The normalized spacial score (nSPS) is 50.6. The quantitative estimate of drug-likeness (QED) is 0.490. The van der Waals surface area contributed by atoms with Gasteiger partial charge in [-0.3, -0.25) is 14.4 Å². The van der Waals surface area contributed by atoms with Gasteiger partial charge in [-0.05, 0) is 93.0 Å². The summed E-state index contributed by atoms with van der Waals surface area (Å²) < 4.78 is 28.2. The number of carbonyl (C=O) groups excluding carboxylic acids is 3. The van der Waals surface area contributed by atoms with Gasteiger partial charge in [0.1, 0.15) is 11.0 Å². The number of alkyl halides is 2. The molecule has 0 aliphatic heterocycles. The summed E-state index contributed by atoms with van der Waals surface area (Å²) in [6.45, 7) is 10.7. The molecule has 40 heavy (non-hydrogen) atoms. The Morgan fingerprint density at radius 2 is 1.70 bits per heavy atom. The molecule has 10 atom stereocenters. The van der Waals surface area contributed by atoms with Crippen molar-refractivity contribution in [2.24, 2.45) is 51.2 Å². The van der Waals surface area contributed by atoms with Crippen molar-refractivity contribution in [1.82, 2.24) is 5.32 Å². The lowest BCUT2D eigenvalue weighted by Gasteiger charge is -2.65. The van der Waals surface area contributed by atoms with Gasteiger partial charge < -0.3 is 10.4 Å². The van der Waals surface area contributed by atoms with Gasteiger partial charge in [0.05, 0.1) is 6.07 Å². The number of Topliss-reactive ketones (excluding diaryl/α,β-unsaturated/α-hetero) is 1. The summed E-state index contributed by atoms with van der Waals surface area (Å²) in [7, 11) is 0.